The van der Waals surface area contributed by atoms with Crippen molar-refractivity contribution in [1.82, 2.24) is 4.90 Å². The summed E-state index contributed by atoms with van der Waals surface area (Å²) in [6.45, 7) is 8.28. The summed E-state index contributed by atoms with van der Waals surface area (Å²) < 4.78 is 5.29. The highest BCUT2D eigenvalue weighted by Crippen LogP contribution is 2.16. The topological polar surface area (TPSA) is 41.6 Å². The van der Waals surface area contributed by atoms with Crippen LogP contribution in [0.5, 0.6) is 0 Å². The molecule has 0 unspecified atom stereocenters. The summed E-state index contributed by atoms with van der Waals surface area (Å²) in [4.78, 5) is 14.2. The van der Waals surface area contributed by atoms with E-state index in [1.54, 1.807) is 0 Å². The van der Waals surface area contributed by atoms with Gasteiger partial charge in [-0.15, -0.1) is 0 Å². The Morgan fingerprint density at radius 3 is 2.74 bits per heavy atom. The second-order valence-corrected chi connectivity index (χ2v) is 5.07. The van der Waals surface area contributed by atoms with Crippen molar-refractivity contribution in [3.8, 4) is 0 Å². The molecular formula is C15H22N2O2. The van der Waals surface area contributed by atoms with Gasteiger partial charge in [0.15, 0.2) is 0 Å². The number of carbonyl (C=O) groups excluding carboxylic acids is 1. The molecular weight excluding hydrogens is 240 g/mol. The van der Waals surface area contributed by atoms with Gasteiger partial charge >= 0.3 is 0 Å². The Hall–Kier alpha value is -1.39. The molecule has 1 amide bonds. The van der Waals surface area contributed by atoms with E-state index in [4.69, 9.17) is 4.74 Å². The zero-order valence-electron chi connectivity index (χ0n) is 11.7. The van der Waals surface area contributed by atoms with E-state index in [1.807, 2.05) is 19.1 Å². The van der Waals surface area contributed by atoms with Crippen molar-refractivity contribution in [3.63, 3.8) is 0 Å². The van der Waals surface area contributed by atoms with Crippen LogP contribution in [-0.4, -0.2) is 43.7 Å². The highest BCUT2D eigenvalue weighted by atomic mass is 16.5. The number of ether oxygens (including phenoxy) is 1. The zero-order chi connectivity index (χ0) is 13.7. The standard InChI is InChI=1S/C15H22N2O2/c1-12-3-4-14(13(2)11-12)16-15(18)5-6-17-7-9-19-10-8-17/h3-4,11H,5-10H2,1-2H3,(H,16,18). The molecule has 0 aliphatic carbocycles. The molecule has 1 N–H and O–H groups in total. The normalized spacial score (nSPS) is 16.3. The lowest BCUT2D eigenvalue weighted by Gasteiger charge is -2.26. The van der Waals surface area contributed by atoms with Crippen LogP contribution in [0, 0.1) is 13.8 Å². The van der Waals surface area contributed by atoms with E-state index in [9.17, 15) is 4.79 Å². The molecule has 1 aromatic carbocycles. The smallest absolute Gasteiger partial charge is 0.225 e. The van der Waals surface area contributed by atoms with E-state index < -0.39 is 0 Å². The van der Waals surface area contributed by atoms with Gasteiger partial charge < -0.3 is 10.1 Å². The number of anilines is 1. The van der Waals surface area contributed by atoms with Gasteiger partial charge in [0.1, 0.15) is 0 Å². The second kappa shape index (κ2) is 6.68. The van der Waals surface area contributed by atoms with Crippen molar-refractivity contribution in [1.29, 1.82) is 0 Å². The van der Waals surface area contributed by atoms with Crippen molar-refractivity contribution < 1.29 is 9.53 Å². The molecule has 1 aromatic rings. The van der Waals surface area contributed by atoms with Crippen molar-refractivity contribution in [3.05, 3.63) is 29.3 Å². The first-order valence-electron chi connectivity index (χ1n) is 6.82. The molecule has 0 spiro atoms. The lowest BCUT2D eigenvalue weighted by Crippen LogP contribution is -2.38. The van der Waals surface area contributed by atoms with Crippen LogP contribution in [0.15, 0.2) is 18.2 Å². The molecule has 1 fully saturated rings. The summed E-state index contributed by atoms with van der Waals surface area (Å²) in [7, 11) is 0. The summed E-state index contributed by atoms with van der Waals surface area (Å²) in [6, 6.07) is 6.07. The van der Waals surface area contributed by atoms with E-state index in [0.29, 0.717) is 6.42 Å². The minimum atomic E-state index is 0.0819. The number of carbonyl (C=O) groups is 1. The zero-order valence-corrected chi connectivity index (χ0v) is 11.7. The molecule has 1 aliphatic rings. The molecule has 104 valence electrons. The molecule has 1 aliphatic heterocycles. The fourth-order valence-electron chi connectivity index (χ4n) is 2.25. The number of aryl methyl sites for hydroxylation is 2. The minimum Gasteiger partial charge on any atom is -0.379 e. The number of rotatable bonds is 4. The van der Waals surface area contributed by atoms with Crippen LogP contribution in [0.3, 0.4) is 0 Å². The third-order valence-electron chi connectivity index (χ3n) is 3.41. The molecule has 19 heavy (non-hydrogen) atoms. The van der Waals surface area contributed by atoms with E-state index in [1.165, 1.54) is 5.56 Å². The third kappa shape index (κ3) is 4.33. The van der Waals surface area contributed by atoms with Crippen molar-refractivity contribution >= 4 is 11.6 Å². The summed E-state index contributed by atoms with van der Waals surface area (Å²) in [5.74, 6) is 0.0819. The third-order valence-corrected chi connectivity index (χ3v) is 3.41. The van der Waals surface area contributed by atoms with Crippen LogP contribution in [0.1, 0.15) is 17.5 Å². The predicted molar refractivity (Wildman–Crippen MR) is 76.4 cm³/mol. The average Bonchev–Trinajstić information content (AvgIpc) is 2.41. The Morgan fingerprint density at radius 1 is 1.32 bits per heavy atom. The number of benzene rings is 1. The van der Waals surface area contributed by atoms with Crippen LogP contribution in [0.25, 0.3) is 0 Å². The van der Waals surface area contributed by atoms with Crippen LogP contribution in [0.4, 0.5) is 5.69 Å². The highest BCUT2D eigenvalue weighted by Gasteiger charge is 2.12. The van der Waals surface area contributed by atoms with Crippen LogP contribution >= 0.6 is 0 Å². The maximum absolute atomic E-state index is 11.9. The quantitative estimate of drug-likeness (QED) is 0.902. The molecule has 0 radical (unpaired) electrons. The Labute approximate surface area is 114 Å². The summed E-state index contributed by atoms with van der Waals surface area (Å²) in [5, 5.41) is 2.98. The Balaban J connectivity index is 1.80. The Bertz CT molecular complexity index is 440. The Morgan fingerprint density at radius 2 is 2.05 bits per heavy atom. The predicted octanol–water partition coefficient (Wildman–Crippen LogP) is 1.96. The first-order valence-corrected chi connectivity index (χ1v) is 6.82. The number of nitrogens with zero attached hydrogens (tertiary/aromatic N) is 1. The van der Waals surface area contributed by atoms with E-state index in [-0.39, 0.29) is 5.91 Å². The first-order chi connectivity index (χ1) is 9.15. The van der Waals surface area contributed by atoms with Gasteiger partial charge in [0.25, 0.3) is 0 Å². The number of morpholine rings is 1. The van der Waals surface area contributed by atoms with Crippen molar-refractivity contribution in [2.24, 2.45) is 0 Å². The lowest BCUT2D eigenvalue weighted by molar-refractivity contribution is -0.116. The van der Waals surface area contributed by atoms with Crippen LogP contribution in [-0.2, 0) is 9.53 Å². The summed E-state index contributed by atoms with van der Waals surface area (Å²) in [5.41, 5.74) is 3.24. The molecule has 0 bridgehead atoms. The first kappa shape index (κ1) is 14.0. The maximum Gasteiger partial charge on any atom is 0.225 e. The van der Waals surface area contributed by atoms with Gasteiger partial charge in [-0.05, 0) is 25.5 Å². The monoisotopic (exact) mass is 262 g/mol. The minimum absolute atomic E-state index is 0.0819. The number of amides is 1. The SMILES string of the molecule is Cc1ccc(NC(=O)CCN2CCOCC2)c(C)c1. The van der Waals surface area contributed by atoms with Gasteiger partial charge in [-0.1, -0.05) is 17.7 Å². The highest BCUT2D eigenvalue weighted by molar-refractivity contribution is 5.91. The molecule has 0 atom stereocenters. The van der Waals surface area contributed by atoms with Gasteiger partial charge in [-0.3, -0.25) is 9.69 Å². The van der Waals surface area contributed by atoms with Gasteiger partial charge in [-0.2, -0.15) is 0 Å². The fraction of sp³-hybridized carbons (Fsp3) is 0.533. The number of hydrogen-bond acceptors (Lipinski definition) is 3. The molecule has 1 saturated heterocycles. The molecule has 4 nitrogen and oxygen atoms in total. The van der Waals surface area contributed by atoms with Gasteiger partial charge in [0.05, 0.1) is 13.2 Å². The maximum atomic E-state index is 11.9. The Kier molecular flexibility index (Phi) is 4.93. The van der Waals surface area contributed by atoms with E-state index in [0.717, 1.165) is 44.1 Å². The fourth-order valence-corrected chi connectivity index (χ4v) is 2.25. The average molecular weight is 262 g/mol. The van der Waals surface area contributed by atoms with Gasteiger partial charge in [0.2, 0.25) is 5.91 Å². The van der Waals surface area contributed by atoms with Gasteiger partial charge in [0, 0.05) is 31.7 Å². The van der Waals surface area contributed by atoms with Crippen molar-refractivity contribution in [2.45, 2.75) is 20.3 Å². The summed E-state index contributed by atoms with van der Waals surface area (Å²) in [6.07, 6.45) is 0.535. The largest absolute Gasteiger partial charge is 0.379 e. The van der Waals surface area contributed by atoms with E-state index in [2.05, 4.69) is 23.2 Å². The van der Waals surface area contributed by atoms with Crippen LogP contribution < -0.4 is 5.32 Å². The second-order valence-electron chi connectivity index (χ2n) is 5.07. The van der Waals surface area contributed by atoms with Gasteiger partial charge in [-0.25, -0.2) is 0 Å². The lowest BCUT2D eigenvalue weighted by atomic mass is 10.1. The molecule has 4 heteroatoms. The van der Waals surface area contributed by atoms with E-state index >= 15 is 0 Å². The molecule has 2 rings (SSSR count). The summed E-state index contributed by atoms with van der Waals surface area (Å²) >= 11 is 0. The van der Waals surface area contributed by atoms with Crippen LogP contribution in [0.2, 0.25) is 0 Å². The number of hydrogen-bond donors (Lipinski definition) is 1. The molecule has 1 heterocycles. The molecule has 0 aromatic heterocycles. The molecule has 0 saturated carbocycles. The number of nitrogens with one attached hydrogen (secondary N) is 1. The van der Waals surface area contributed by atoms with Crippen molar-refractivity contribution in [2.75, 3.05) is 38.2 Å².